The Bertz CT molecular complexity index is 682. The number of hydrogen-bond donors (Lipinski definition) is 2. The lowest BCUT2D eigenvalue weighted by atomic mass is 10.1. The summed E-state index contributed by atoms with van der Waals surface area (Å²) in [6.07, 6.45) is 2.49. The van der Waals surface area contributed by atoms with E-state index in [1.165, 1.54) is 6.20 Å². The Morgan fingerprint density at radius 3 is 2.38 bits per heavy atom. The molecule has 6 nitrogen and oxygen atoms in total. The normalized spacial score (nSPS) is 12.1. The van der Waals surface area contributed by atoms with Crippen molar-refractivity contribution in [3.05, 3.63) is 60.4 Å². The second kappa shape index (κ2) is 7.59. The van der Waals surface area contributed by atoms with Gasteiger partial charge < -0.3 is 15.4 Å². The van der Waals surface area contributed by atoms with Gasteiger partial charge in [0.05, 0.1) is 11.9 Å². The molecule has 1 aromatic carbocycles. The number of anilines is 1. The van der Waals surface area contributed by atoms with E-state index in [9.17, 15) is 9.59 Å². The standard InChI is InChI=1S/C18H21N3O3/c1-18(2,3)24-17(23)21-15(13-8-5-4-6-9-13)16(22)20-14-10-7-11-19-12-14/h4-12,15H,1-3H3,(H,20,22)(H,21,23)/t15-/m0/s1. The van der Waals surface area contributed by atoms with Gasteiger partial charge in [-0.3, -0.25) is 9.78 Å². The SMILES string of the molecule is CC(C)(C)OC(=O)N[C@H](C(=O)Nc1cccnc1)c1ccccc1. The molecule has 0 aliphatic rings. The van der Waals surface area contributed by atoms with Gasteiger partial charge in [-0.2, -0.15) is 0 Å². The van der Waals surface area contributed by atoms with Gasteiger partial charge in [-0.1, -0.05) is 30.3 Å². The Kier molecular flexibility index (Phi) is 5.52. The molecule has 1 aromatic heterocycles. The van der Waals surface area contributed by atoms with Crippen LogP contribution in [0.15, 0.2) is 54.9 Å². The van der Waals surface area contributed by atoms with E-state index < -0.39 is 17.7 Å². The van der Waals surface area contributed by atoms with Gasteiger partial charge in [0.1, 0.15) is 11.6 Å². The number of hydrogen-bond acceptors (Lipinski definition) is 4. The van der Waals surface area contributed by atoms with Crippen LogP contribution in [-0.2, 0) is 9.53 Å². The van der Waals surface area contributed by atoms with Crippen molar-refractivity contribution in [1.29, 1.82) is 0 Å². The number of amides is 2. The number of ether oxygens (including phenoxy) is 1. The van der Waals surface area contributed by atoms with Crippen LogP contribution >= 0.6 is 0 Å². The first-order valence-corrected chi connectivity index (χ1v) is 7.60. The Morgan fingerprint density at radius 1 is 1.08 bits per heavy atom. The predicted octanol–water partition coefficient (Wildman–Crippen LogP) is 3.29. The van der Waals surface area contributed by atoms with E-state index in [2.05, 4.69) is 15.6 Å². The van der Waals surface area contributed by atoms with E-state index in [4.69, 9.17) is 4.74 Å². The van der Waals surface area contributed by atoms with Crippen LogP contribution in [0.2, 0.25) is 0 Å². The molecule has 126 valence electrons. The zero-order chi connectivity index (χ0) is 17.6. The maximum absolute atomic E-state index is 12.6. The minimum atomic E-state index is -0.874. The summed E-state index contributed by atoms with van der Waals surface area (Å²) in [6, 6.07) is 11.5. The fraction of sp³-hybridized carbons (Fsp3) is 0.278. The highest BCUT2D eigenvalue weighted by Crippen LogP contribution is 2.17. The van der Waals surface area contributed by atoms with Crippen LogP contribution in [0.3, 0.4) is 0 Å². The molecule has 0 aliphatic carbocycles. The van der Waals surface area contributed by atoms with Crippen molar-refractivity contribution in [3.63, 3.8) is 0 Å². The molecule has 2 rings (SSSR count). The molecule has 24 heavy (non-hydrogen) atoms. The van der Waals surface area contributed by atoms with Crippen molar-refractivity contribution < 1.29 is 14.3 Å². The molecule has 2 aromatic rings. The maximum atomic E-state index is 12.6. The first-order valence-electron chi connectivity index (χ1n) is 7.60. The second-order valence-electron chi connectivity index (χ2n) is 6.22. The summed E-state index contributed by atoms with van der Waals surface area (Å²) < 4.78 is 5.25. The number of benzene rings is 1. The lowest BCUT2D eigenvalue weighted by molar-refractivity contribution is -0.118. The van der Waals surface area contributed by atoms with Gasteiger partial charge in [-0.15, -0.1) is 0 Å². The number of alkyl carbamates (subject to hydrolysis) is 1. The van der Waals surface area contributed by atoms with Crippen LogP contribution in [0.1, 0.15) is 32.4 Å². The smallest absolute Gasteiger partial charge is 0.408 e. The largest absolute Gasteiger partial charge is 0.444 e. The zero-order valence-corrected chi connectivity index (χ0v) is 13.9. The Morgan fingerprint density at radius 2 is 1.79 bits per heavy atom. The molecular weight excluding hydrogens is 306 g/mol. The molecule has 0 aliphatic heterocycles. The highest BCUT2D eigenvalue weighted by molar-refractivity contribution is 5.97. The summed E-state index contributed by atoms with van der Waals surface area (Å²) in [6.45, 7) is 5.29. The number of nitrogens with one attached hydrogen (secondary N) is 2. The summed E-state index contributed by atoms with van der Waals surface area (Å²) in [5, 5.41) is 5.35. The second-order valence-corrected chi connectivity index (χ2v) is 6.22. The number of carbonyl (C=O) groups excluding carboxylic acids is 2. The molecular formula is C18H21N3O3. The third kappa shape index (κ3) is 5.39. The highest BCUT2D eigenvalue weighted by atomic mass is 16.6. The topological polar surface area (TPSA) is 80.3 Å². The van der Waals surface area contributed by atoms with Gasteiger partial charge in [-0.25, -0.2) is 4.79 Å². The summed E-state index contributed by atoms with van der Waals surface area (Å²) in [5.74, 6) is -0.375. The quantitative estimate of drug-likeness (QED) is 0.903. The molecule has 1 atom stereocenters. The zero-order valence-electron chi connectivity index (χ0n) is 13.9. The van der Waals surface area contributed by atoms with Gasteiger partial charge in [0, 0.05) is 6.20 Å². The van der Waals surface area contributed by atoms with Crippen molar-refractivity contribution in [1.82, 2.24) is 10.3 Å². The van der Waals surface area contributed by atoms with Crippen LogP contribution in [0.25, 0.3) is 0 Å². The first-order chi connectivity index (χ1) is 11.3. The molecule has 0 saturated carbocycles. The molecule has 0 bridgehead atoms. The van der Waals surface area contributed by atoms with Crippen LogP contribution in [0.4, 0.5) is 10.5 Å². The molecule has 2 N–H and O–H groups in total. The van der Waals surface area contributed by atoms with Crippen molar-refractivity contribution in [2.75, 3.05) is 5.32 Å². The van der Waals surface area contributed by atoms with Crippen LogP contribution in [-0.4, -0.2) is 22.6 Å². The Hall–Kier alpha value is -2.89. The molecule has 6 heteroatoms. The minimum absolute atomic E-state index is 0.375. The average molecular weight is 327 g/mol. The number of pyridine rings is 1. The lowest BCUT2D eigenvalue weighted by Crippen LogP contribution is -2.40. The van der Waals surface area contributed by atoms with Crippen LogP contribution in [0, 0.1) is 0 Å². The van der Waals surface area contributed by atoms with Gasteiger partial charge in [0.15, 0.2) is 0 Å². The molecule has 2 amide bonds. The molecule has 0 unspecified atom stereocenters. The number of carbonyl (C=O) groups is 2. The first kappa shape index (κ1) is 17.5. The van der Waals surface area contributed by atoms with Gasteiger partial charge in [0.2, 0.25) is 0 Å². The van der Waals surface area contributed by atoms with Crippen molar-refractivity contribution >= 4 is 17.7 Å². The van der Waals surface area contributed by atoms with Crippen molar-refractivity contribution in [3.8, 4) is 0 Å². The lowest BCUT2D eigenvalue weighted by Gasteiger charge is -2.23. The average Bonchev–Trinajstić information content (AvgIpc) is 2.52. The molecule has 0 fully saturated rings. The third-order valence-corrected chi connectivity index (χ3v) is 2.99. The highest BCUT2D eigenvalue weighted by Gasteiger charge is 2.25. The van der Waals surface area contributed by atoms with Crippen molar-refractivity contribution in [2.45, 2.75) is 32.4 Å². The van der Waals surface area contributed by atoms with E-state index in [-0.39, 0.29) is 5.91 Å². The van der Waals surface area contributed by atoms with Crippen LogP contribution in [0.5, 0.6) is 0 Å². The van der Waals surface area contributed by atoms with E-state index in [0.29, 0.717) is 11.3 Å². The summed E-state index contributed by atoms with van der Waals surface area (Å²) in [4.78, 5) is 28.6. The summed E-state index contributed by atoms with van der Waals surface area (Å²) >= 11 is 0. The van der Waals surface area contributed by atoms with Crippen LogP contribution < -0.4 is 10.6 Å². The third-order valence-electron chi connectivity index (χ3n) is 2.99. The number of nitrogens with zero attached hydrogens (tertiary/aromatic N) is 1. The summed E-state index contributed by atoms with van der Waals surface area (Å²) in [7, 11) is 0. The molecule has 0 saturated heterocycles. The van der Waals surface area contributed by atoms with Crippen molar-refractivity contribution in [2.24, 2.45) is 0 Å². The fourth-order valence-corrected chi connectivity index (χ4v) is 2.02. The maximum Gasteiger partial charge on any atom is 0.408 e. The monoisotopic (exact) mass is 327 g/mol. The number of aromatic nitrogens is 1. The van der Waals surface area contributed by atoms with Gasteiger partial charge in [-0.05, 0) is 38.5 Å². The number of rotatable bonds is 4. The minimum Gasteiger partial charge on any atom is -0.444 e. The summed E-state index contributed by atoms with van der Waals surface area (Å²) in [5.41, 5.74) is 0.560. The van der Waals surface area contributed by atoms with E-state index in [1.807, 2.05) is 6.07 Å². The van der Waals surface area contributed by atoms with E-state index in [0.717, 1.165) is 0 Å². The molecule has 0 spiro atoms. The predicted molar refractivity (Wildman–Crippen MR) is 91.4 cm³/mol. The molecule has 0 radical (unpaired) electrons. The van der Waals surface area contributed by atoms with Gasteiger partial charge >= 0.3 is 6.09 Å². The fourth-order valence-electron chi connectivity index (χ4n) is 2.02. The Balaban J connectivity index is 2.17. The van der Waals surface area contributed by atoms with E-state index >= 15 is 0 Å². The van der Waals surface area contributed by atoms with E-state index in [1.54, 1.807) is 63.4 Å². The molecule has 1 heterocycles. The van der Waals surface area contributed by atoms with Gasteiger partial charge in [0.25, 0.3) is 5.91 Å². The Labute approximate surface area is 141 Å².